The van der Waals surface area contributed by atoms with Gasteiger partial charge < -0.3 is 10.0 Å². The number of nitrogens with zero attached hydrogens (tertiary/aromatic N) is 1. The van der Waals surface area contributed by atoms with Crippen LogP contribution in [0.4, 0.5) is 0 Å². The number of hydrogen-bond acceptors (Lipinski definition) is 3. The summed E-state index contributed by atoms with van der Waals surface area (Å²) in [5.41, 5.74) is 0. The van der Waals surface area contributed by atoms with E-state index in [4.69, 9.17) is 0 Å². The first-order valence-corrected chi connectivity index (χ1v) is 8.00. The van der Waals surface area contributed by atoms with Crippen molar-refractivity contribution in [2.45, 2.75) is 38.2 Å². The van der Waals surface area contributed by atoms with Crippen molar-refractivity contribution in [3.05, 3.63) is 0 Å². The van der Waals surface area contributed by atoms with Crippen LogP contribution in [0.25, 0.3) is 0 Å². The average molecular weight is 245 g/mol. The predicted molar refractivity (Wildman–Crippen MR) is 66.9 cm³/mol. The average Bonchev–Trinajstić information content (AvgIpc) is 2.48. The second kappa shape index (κ2) is 6.12. The minimum absolute atomic E-state index is 0.102. The third-order valence-electron chi connectivity index (χ3n) is 3.88. The third-order valence-corrected chi connectivity index (χ3v) is 5.16. The van der Waals surface area contributed by atoms with E-state index in [0.717, 1.165) is 37.6 Å². The molecule has 94 valence electrons. The molecule has 2 unspecified atom stereocenters. The molecule has 2 aliphatic rings. The molecule has 2 fully saturated rings. The van der Waals surface area contributed by atoms with Crippen molar-refractivity contribution in [1.29, 1.82) is 0 Å². The zero-order chi connectivity index (χ0) is 11.4. The fourth-order valence-corrected chi connectivity index (χ4v) is 3.90. The van der Waals surface area contributed by atoms with E-state index in [0.29, 0.717) is 5.92 Å². The Morgan fingerprint density at radius 1 is 1.12 bits per heavy atom. The molecule has 2 atom stereocenters. The summed E-state index contributed by atoms with van der Waals surface area (Å²) in [4.78, 5) is 2.39. The van der Waals surface area contributed by atoms with E-state index >= 15 is 0 Å². The summed E-state index contributed by atoms with van der Waals surface area (Å²) < 4.78 is 11.3. The van der Waals surface area contributed by atoms with Crippen LogP contribution in [-0.2, 0) is 10.8 Å². The Morgan fingerprint density at radius 2 is 1.81 bits per heavy atom. The maximum Gasteiger partial charge on any atom is 0.0580 e. The van der Waals surface area contributed by atoms with Gasteiger partial charge in [-0.25, -0.2) is 0 Å². The molecule has 3 nitrogen and oxygen atoms in total. The van der Waals surface area contributed by atoms with Crippen molar-refractivity contribution in [2.24, 2.45) is 5.92 Å². The van der Waals surface area contributed by atoms with Gasteiger partial charge in [0.25, 0.3) is 0 Å². The maximum atomic E-state index is 11.3. The van der Waals surface area contributed by atoms with Gasteiger partial charge in [0.2, 0.25) is 0 Å². The molecule has 0 radical (unpaired) electrons. The standard InChI is InChI=1S/C12H23NO2S/c14-12-5-3-1-2-4-11(12)10-13-6-8-16(15)9-7-13/h11-12,14H,1-10H2. The lowest BCUT2D eigenvalue weighted by Crippen LogP contribution is -2.42. The molecule has 0 aromatic rings. The molecule has 0 amide bonds. The normalized spacial score (nSPS) is 34.8. The van der Waals surface area contributed by atoms with Gasteiger partial charge >= 0.3 is 0 Å². The van der Waals surface area contributed by atoms with Crippen molar-refractivity contribution in [1.82, 2.24) is 4.90 Å². The fourth-order valence-electron chi connectivity index (χ4n) is 2.77. The predicted octanol–water partition coefficient (Wildman–Crippen LogP) is 0.992. The molecule has 1 aliphatic carbocycles. The molecule has 1 saturated carbocycles. The van der Waals surface area contributed by atoms with Crippen LogP contribution in [-0.4, -0.2) is 51.5 Å². The van der Waals surface area contributed by atoms with Crippen molar-refractivity contribution in [2.75, 3.05) is 31.1 Å². The van der Waals surface area contributed by atoms with Gasteiger partial charge in [-0.15, -0.1) is 0 Å². The summed E-state index contributed by atoms with van der Waals surface area (Å²) in [6, 6.07) is 0. The van der Waals surface area contributed by atoms with Crippen LogP contribution in [0.3, 0.4) is 0 Å². The molecule has 1 N–H and O–H groups in total. The molecular formula is C12H23NO2S. The largest absolute Gasteiger partial charge is 0.393 e. The minimum Gasteiger partial charge on any atom is -0.393 e. The van der Waals surface area contributed by atoms with Gasteiger partial charge in [0.1, 0.15) is 0 Å². The van der Waals surface area contributed by atoms with Gasteiger partial charge in [0, 0.05) is 41.9 Å². The molecular weight excluding hydrogens is 222 g/mol. The van der Waals surface area contributed by atoms with Crippen molar-refractivity contribution in [3.63, 3.8) is 0 Å². The Hall–Kier alpha value is 0.0700. The number of rotatable bonds is 2. The highest BCUT2D eigenvalue weighted by Gasteiger charge is 2.25. The second-order valence-electron chi connectivity index (χ2n) is 5.11. The van der Waals surface area contributed by atoms with Crippen LogP contribution in [0.15, 0.2) is 0 Å². The fraction of sp³-hybridized carbons (Fsp3) is 1.00. The highest BCUT2D eigenvalue weighted by molar-refractivity contribution is 7.85. The Labute approximate surface area is 101 Å². The Bertz CT molecular complexity index is 237. The van der Waals surface area contributed by atoms with Crippen molar-refractivity contribution in [3.8, 4) is 0 Å². The quantitative estimate of drug-likeness (QED) is 0.738. The molecule has 1 aliphatic heterocycles. The van der Waals surface area contributed by atoms with Gasteiger partial charge in [-0.1, -0.05) is 19.3 Å². The number of aliphatic hydroxyl groups excluding tert-OH is 1. The van der Waals surface area contributed by atoms with Gasteiger partial charge in [-0.2, -0.15) is 0 Å². The van der Waals surface area contributed by atoms with E-state index in [9.17, 15) is 9.32 Å². The monoisotopic (exact) mass is 245 g/mol. The molecule has 2 rings (SSSR count). The van der Waals surface area contributed by atoms with Crippen LogP contribution in [0.5, 0.6) is 0 Å². The Morgan fingerprint density at radius 3 is 2.56 bits per heavy atom. The molecule has 16 heavy (non-hydrogen) atoms. The number of aliphatic hydroxyl groups is 1. The van der Waals surface area contributed by atoms with Gasteiger partial charge in [-0.05, 0) is 18.8 Å². The van der Waals surface area contributed by atoms with E-state index < -0.39 is 10.8 Å². The summed E-state index contributed by atoms with van der Waals surface area (Å²) in [6.07, 6.45) is 5.77. The SMILES string of the molecule is O=S1CCN(CC2CCCCCC2O)CC1. The maximum absolute atomic E-state index is 11.3. The molecule has 0 bridgehead atoms. The number of hydrogen-bond donors (Lipinski definition) is 1. The summed E-state index contributed by atoms with van der Waals surface area (Å²) >= 11 is 0. The molecule has 0 aromatic carbocycles. The lowest BCUT2D eigenvalue weighted by molar-refractivity contribution is 0.0757. The summed E-state index contributed by atoms with van der Waals surface area (Å²) in [6.45, 7) is 2.92. The lowest BCUT2D eigenvalue weighted by atomic mass is 9.96. The smallest absolute Gasteiger partial charge is 0.0580 e. The van der Waals surface area contributed by atoms with E-state index in [-0.39, 0.29) is 6.10 Å². The summed E-state index contributed by atoms with van der Waals surface area (Å²) in [5.74, 6) is 2.10. The lowest BCUT2D eigenvalue weighted by Gasteiger charge is -2.31. The zero-order valence-electron chi connectivity index (χ0n) is 9.94. The van der Waals surface area contributed by atoms with Crippen molar-refractivity contribution < 1.29 is 9.32 Å². The Kier molecular flexibility index (Phi) is 4.79. The topological polar surface area (TPSA) is 40.5 Å². The van der Waals surface area contributed by atoms with Gasteiger partial charge in [0.15, 0.2) is 0 Å². The molecule has 4 heteroatoms. The third kappa shape index (κ3) is 3.54. The van der Waals surface area contributed by atoms with E-state index in [1.165, 1.54) is 25.7 Å². The molecule has 0 spiro atoms. The molecule has 1 saturated heterocycles. The highest BCUT2D eigenvalue weighted by Crippen LogP contribution is 2.24. The van der Waals surface area contributed by atoms with Crippen LogP contribution < -0.4 is 0 Å². The second-order valence-corrected chi connectivity index (χ2v) is 6.81. The van der Waals surface area contributed by atoms with Crippen LogP contribution >= 0.6 is 0 Å². The molecule has 1 heterocycles. The van der Waals surface area contributed by atoms with E-state index in [2.05, 4.69) is 4.90 Å². The van der Waals surface area contributed by atoms with Crippen LogP contribution in [0.2, 0.25) is 0 Å². The minimum atomic E-state index is -0.584. The summed E-state index contributed by atoms with van der Waals surface area (Å²) in [7, 11) is -0.584. The van der Waals surface area contributed by atoms with E-state index in [1.54, 1.807) is 0 Å². The highest BCUT2D eigenvalue weighted by atomic mass is 32.2. The van der Waals surface area contributed by atoms with Crippen LogP contribution in [0, 0.1) is 5.92 Å². The summed E-state index contributed by atoms with van der Waals surface area (Å²) in [5, 5.41) is 10.0. The first-order valence-electron chi connectivity index (χ1n) is 6.51. The van der Waals surface area contributed by atoms with Gasteiger partial charge in [0.05, 0.1) is 6.10 Å². The zero-order valence-corrected chi connectivity index (χ0v) is 10.8. The Balaban J connectivity index is 1.80. The van der Waals surface area contributed by atoms with E-state index in [1.807, 2.05) is 0 Å². The first-order chi connectivity index (χ1) is 7.75. The molecule has 0 aromatic heterocycles. The van der Waals surface area contributed by atoms with Crippen molar-refractivity contribution >= 4 is 10.8 Å². The van der Waals surface area contributed by atoms with Gasteiger partial charge in [-0.3, -0.25) is 4.21 Å². The van der Waals surface area contributed by atoms with Crippen LogP contribution in [0.1, 0.15) is 32.1 Å². The first kappa shape index (κ1) is 12.5.